The fraction of sp³-hybridized carbons (Fsp3) is 0.400. The van der Waals surface area contributed by atoms with E-state index in [1.54, 1.807) is 19.1 Å². The number of benzene rings is 1. The van der Waals surface area contributed by atoms with E-state index in [4.69, 9.17) is 0 Å². The number of alkyl halides is 3. The van der Waals surface area contributed by atoms with Crippen molar-refractivity contribution < 1.29 is 13.2 Å². The molecule has 0 saturated heterocycles. The van der Waals surface area contributed by atoms with Crippen LogP contribution in [0.25, 0.3) is 0 Å². The molecule has 0 aliphatic carbocycles. The summed E-state index contributed by atoms with van der Waals surface area (Å²) in [5.41, 5.74) is 0.229. The van der Waals surface area contributed by atoms with Crippen LogP contribution in [0.15, 0.2) is 28.7 Å². The van der Waals surface area contributed by atoms with Gasteiger partial charge in [0.1, 0.15) is 6.04 Å². The first-order valence-electron chi connectivity index (χ1n) is 4.50. The van der Waals surface area contributed by atoms with Crippen LogP contribution in [0.3, 0.4) is 0 Å². The summed E-state index contributed by atoms with van der Waals surface area (Å²) in [7, 11) is 0. The van der Waals surface area contributed by atoms with Crippen molar-refractivity contribution in [2.24, 2.45) is 0 Å². The highest BCUT2D eigenvalue weighted by atomic mass is 79.9. The van der Waals surface area contributed by atoms with Gasteiger partial charge >= 0.3 is 6.18 Å². The lowest BCUT2D eigenvalue weighted by Gasteiger charge is -2.21. The second-order valence-electron chi connectivity index (χ2n) is 3.08. The molecule has 0 spiro atoms. The van der Waals surface area contributed by atoms with E-state index in [1.807, 2.05) is 0 Å². The molecular weight excluding hydrogens is 271 g/mol. The monoisotopic (exact) mass is 281 g/mol. The van der Waals surface area contributed by atoms with Crippen LogP contribution in [-0.4, -0.2) is 12.7 Å². The molecule has 0 heterocycles. The van der Waals surface area contributed by atoms with Gasteiger partial charge in [0.2, 0.25) is 0 Å². The average Bonchev–Trinajstić information content (AvgIpc) is 2.14. The van der Waals surface area contributed by atoms with Crippen LogP contribution in [-0.2, 0) is 0 Å². The van der Waals surface area contributed by atoms with Gasteiger partial charge in [0.25, 0.3) is 0 Å². The Morgan fingerprint density at radius 3 is 2.20 bits per heavy atom. The Morgan fingerprint density at radius 2 is 1.80 bits per heavy atom. The quantitative estimate of drug-likeness (QED) is 0.892. The van der Waals surface area contributed by atoms with Gasteiger partial charge in [-0.25, -0.2) is 0 Å². The molecule has 5 heteroatoms. The Balaban J connectivity index is 2.94. The van der Waals surface area contributed by atoms with E-state index in [0.29, 0.717) is 0 Å². The average molecular weight is 282 g/mol. The van der Waals surface area contributed by atoms with Crippen molar-refractivity contribution in [3.05, 3.63) is 34.3 Å². The summed E-state index contributed by atoms with van der Waals surface area (Å²) in [5, 5.41) is 2.42. The minimum atomic E-state index is -4.26. The Labute approximate surface area is 94.8 Å². The van der Waals surface area contributed by atoms with Crippen LogP contribution in [0.1, 0.15) is 18.5 Å². The van der Waals surface area contributed by atoms with Crippen LogP contribution in [0.5, 0.6) is 0 Å². The topological polar surface area (TPSA) is 12.0 Å². The number of hydrogen-bond donors (Lipinski definition) is 1. The molecule has 1 aromatic carbocycles. The molecule has 0 radical (unpaired) electrons. The van der Waals surface area contributed by atoms with E-state index in [0.717, 1.165) is 4.47 Å². The minimum absolute atomic E-state index is 0.229. The molecule has 0 amide bonds. The van der Waals surface area contributed by atoms with Crippen molar-refractivity contribution in [1.82, 2.24) is 5.32 Å². The molecule has 1 atom stereocenters. The first kappa shape index (κ1) is 12.5. The van der Waals surface area contributed by atoms with E-state index >= 15 is 0 Å². The van der Waals surface area contributed by atoms with Crippen molar-refractivity contribution in [2.45, 2.75) is 19.1 Å². The van der Waals surface area contributed by atoms with Gasteiger partial charge in [-0.3, -0.25) is 0 Å². The molecule has 1 rings (SSSR count). The predicted molar refractivity (Wildman–Crippen MR) is 56.6 cm³/mol. The maximum absolute atomic E-state index is 12.6. The molecule has 0 aliphatic rings. The molecule has 0 saturated carbocycles. The molecule has 0 bridgehead atoms. The number of halogens is 4. The molecule has 15 heavy (non-hydrogen) atoms. The zero-order chi connectivity index (χ0) is 11.5. The lowest BCUT2D eigenvalue weighted by Crippen LogP contribution is -2.33. The van der Waals surface area contributed by atoms with Gasteiger partial charge in [-0.2, -0.15) is 13.2 Å². The minimum Gasteiger partial charge on any atom is -0.303 e. The van der Waals surface area contributed by atoms with Gasteiger partial charge in [0.05, 0.1) is 0 Å². The van der Waals surface area contributed by atoms with Gasteiger partial charge in [-0.1, -0.05) is 35.0 Å². The molecule has 0 fully saturated rings. The zero-order valence-corrected chi connectivity index (χ0v) is 9.69. The second kappa shape index (κ2) is 4.99. The lowest BCUT2D eigenvalue weighted by molar-refractivity contribution is -0.157. The van der Waals surface area contributed by atoms with Crippen molar-refractivity contribution in [1.29, 1.82) is 0 Å². The molecule has 0 aromatic heterocycles. The summed E-state index contributed by atoms with van der Waals surface area (Å²) in [5.74, 6) is 0. The van der Waals surface area contributed by atoms with Crippen LogP contribution < -0.4 is 5.32 Å². The summed E-state index contributed by atoms with van der Waals surface area (Å²) in [6.45, 7) is 1.93. The number of hydrogen-bond acceptors (Lipinski definition) is 1. The van der Waals surface area contributed by atoms with Crippen LogP contribution in [0, 0.1) is 0 Å². The molecule has 1 N–H and O–H groups in total. The normalized spacial score (nSPS) is 13.9. The Bertz CT molecular complexity index is 307. The number of rotatable bonds is 3. The van der Waals surface area contributed by atoms with Crippen LogP contribution in [0.4, 0.5) is 13.2 Å². The van der Waals surface area contributed by atoms with E-state index < -0.39 is 12.2 Å². The Morgan fingerprint density at radius 1 is 1.27 bits per heavy atom. The van der Waals surface area contributed by atoms with Crippen LogP contribution >= 0.6 is 15.9 Å². The molecule has 1 aromatic rings. The zero-order valence-electron chi connectivity index (χ0n) is 8.11. The lowest BCUT2D eigenvalue weighted by atomic mass is 10.1. The van der Waals surface area contributed by atoms with E-state index in [-0.39, 0.29) is 12.1 Å². The third-order valence-corrected chi connectivity index (χ3v) is 2.47. The van der Waals surface area contributed by atoms with Gasteiger partial charge in [0, 0.05) is 4.47 Å². The Kier molecular flexibility index (Phi) is 4.16. The number of nitrogens with one attached hydrogen (secondary N) is 1. The van der Waals surface area contributed by atoms with Gasteiger partial charge < -0.3 is 5.32 Å². The van der Waals surface area contributed by atoms with Crippen molar-refractivity contribution >= 4 is 15.9 Å². The van der Waals surface area contributed by atoms with Gasteiger partial charge in [0.15, 0.2) is 0 Å². The fourth-order valence-electron chi connectivity index (χ4n) is 1.28. The highest BCUT2D eigenvalue weighted by molar-refractivity contribution is 9.10. The van der Waals surface area contributed by atoms with Crippen molar-refractivity contribution in [2.75, 3.05) is 6.54 Å². The van der Waals surface area contributed by atoms with E-state index in [1.165, 1.54) is 12.1 Å². The molecule has 0 unspecified atom stereocenters. The third-order valence-electron chi connectivity index (χ3n) is 1.94. The third kappa shape index (κ3) is 3.50. The highest BCUT2D eigenvalue weighted by Gasteiger charge is 2.39. The molecule has 0 aliphatic heterocycles. The molecule has 1 nitrogen and oxygen atoms in total. The summed E-state index contributed by atoms with van der Waals surface area (Å²) in [4.78, 5) is 0. The summed E-state index contributed by atoms with van der Waals surface area (Å²) >= 11 is 3.18. The smallest absolute Gasteiger partial charge is 0.303 e. The van der Waals surface area contributed by atoms with Gasteiger partial charge in [-0.15, -0.1) is 0 Å². The summed E-state index contributed by atoms with van der Waals surface area (Å²) < 4.78 is 38.6. The highest BCUT2D eigenvalue weighted by Crippen LogP contribution is 2.32. The van der Waals surface area contributed by atoms with E-state index in [2.05, 4.69) is 21.2 Å². The van der Waals surface area contributed by atoms with Crippen molar-refractivity contribution in [3.8, 4) is 0 Å². The first-order chi connectivity index (χ1) is 6.95. The van der Waals surface area contributed by atoms with E-state index in [9.17, 15) is 13.2 Å². The first-order valence-corrected chi connectivity index (χ1v) is 5.30. The molecular formula is C10H11BrF3N. The fourth-order valence-corrected chi connectivity index (χ4v) is 1.55. The predicted octanol–water partition coefficient (Wildman–Crippen LogP) is 3.66. The van der Waals surface area contributed by atoms with Gasteiger partial charge in [-0.05, 0) is 24.2 Å². The SMILES string of the molecule is CCN[C@H](c1ccc(Br)cc1)C(F)(F)F. The van der Waals surface area contributed by atoms with Crippen molar-refractivity contribution in [3.63, 3.8) is 0 Å². The standard InChI is InChI=1S/C10H11BrF3N/c1-2-15-9(10(12,13)14)7-3-5-8(11)6-4-7/h3-6,9,15H,2H2,1H3/t9-/m1/s1. The molecule has 84 valence electrons. The van der Waals surface area contributed by atoms with Crippen LogP contribution in [0.2, 0.25) is 0 Å². The summed E-state index contributed by atoms with van der Waals surface area (Å²) in [6.07, 6.45) is -4.26. The maximum atomic E-state index is 12.6. The maximum Gasteiger partial charge on any atom is 0.407 e. The summed E-state index contributed by atoms with van der Waals surface area (Å²) in [6, 6.07) is 4.54. The largest absolute Gasteiger partial charge is 0.407 e. The Hall–Kier alpha value is -0.550. The second-order valence-corrected chi connectivity index (χ2v) is 4.00.